The summed E-state index contributed by atoms with van der Waals surface area (Å²) in [6.07, 6.45) is 2.65. The first kappa shape index (κ1) is 22.8. The number of urea groups is 1. The van der Waals surface area contributed by atoms with E-state index >= 15 is 0 Å². The van der Waals surface area contributed by atoms with Crippen molar-refractivity contribution in [1.29, 1.82) is 0 Å². The molecule has 0 spiro atoms. The van der Waals surface area contributed by atoms with Gasteiger partial charge < -0.3 is 20.4 Å². The predicted octanol–water partition coefficient (Wildman–Crippen LogP) is 3.91. The first-order valence-electron chi connectivity index (χ1n) is 11.1. The van der Waals surface area contributed by atoms with Crippen LogP contribution in [0.2, 0.25) is 0 Å². The number of carbonyl (C=O) groups excluding carboxylic acids is 2. The molecule has 166 valence electrons. The van der Waals surface area contributed by atoms with Crippen molar-refractivity contribution < 1.29 is 9.59 Å². The molecule has 2 unspecified atom stereocenters. The van der Waals surface area contributed by atoms with Gasteiger partial charge in [0.15, 0.2) is 0 Å². The first-order chi connectivity index (χ1) is 15.0. The van der Waals surface area contributed by atoms with E-state index in [1.807, 2.05) is 44.4 Å². The average Bonchev–Trinajstić information content (AvgIpc) is 2.80. The smallest absolute Gasteiger partial charge is 0.321 e. The number of benzene rings is 2. The Kier molecular flexibility index (Phi) is 8.06. The van der Waals surface area contributed by atoms with Gasteiger partial charge in [-0.2, -0.15) is 0 Å². The fourth-order valence-corrected chi connectivity index (χ4v) is 4.02. The maximum atomic E-state index is 12.9. The van der Waals surface area contributed by atoms with Gasteiger partial charge in [-0.1, -0.05) is 49.4 Å². The number of aryl methyl sites for hydroxylation is 1. The topological polar surface area (TPSA) is 64.7 Å². The van der Waals surface area contributed by atoms with Gasteiger partial charge in [-0.3, -0.25) is 4.79 Å². The summed E-state index contributed by atoms with van der Waals surface area (Å²) < 4.78 is 0. The Hall–Kier alpha value is -2.86. The van der Waals surface area contributed by atoms with Gasteiger partial charge in [-0.25, -0.2) is 4.79 Å². The summed E-state index contributed by atoms with van der Waals surface area (Å²) in [6, 6.07) is 18.0. The monoisotopic (exact) mass is 422 g/mol. The molecule has 1 saturated heterocycles. The van der Waals surface area contributed by atoms with Crippen molar-refractivity contribution in [2.24, 2.45) is 5.92 Å². The second-order valence-electron chi connectivity index (χ2n) is 8.40. The van der Waals surface area contributed by atoms with E-state index in [1.54, 1.807) is 4.90 Å². The minimum Gasteiger partial charge on any atom is -0.354 e. The molecule has 0 bridgehead atoms. The third-order valence-corrected chi connectivity index (χ3v) is 5.97. The van der Waals surface area contributed by atoms with Gasteiger partial charge in [-0.05, 0) is 56.6 Å². The summed E-state index contributed by atoms with van der Waals surface area (Å²) in [4.78, 5) is 29.4. The van der Waals surface area contributed by atoms with Crippen molar-refractivity contribution in [3.63, 3.8) is 0 Å². The van der Waals surface area contributed by atoms with E-state index in [0.29, 0.717) is 19.6 Å². The van der Waals surface area contributed by atoms with E-state index in [0.717, 1.165) is 24.9 Å². The highest BCUT2D eigenvalue weighted by Crippen LogP contribution is 2.21. The maximum Gasteiger partial charge on any atom is 0.321 e. The highest BCUT2D eigenvalue weighted by atomic mass is 16.2. The summed E-state index contributed by atoms with van der Waals surface area (Å²) in [6.45, 7) is 3.81. The summed E-state index contributed by atoms with van der Waals surface area (Å²) >= 11 is 0. The molecular formula is C25H34N4O2. The number of anilines is 1. The molecule has 2 aromatic rings. The van der Waals surface area contributed by atoms with Crippen LogP contribution in [0.25, 0.3) is 0 Å². The molecule has 3 rings (SSSR count). The zero-order valence-corrected chi connectivity index (χ0v) is 18.8. The minimum atomic E-state index is -0.180. The number of likely N-dealkylation sites (N-methyl/N-ethyl adjacent to an activating group) is 1. The molecule has 2 aromatic carbocycles. The van der Waals surface area contributed by atoms with Gasteiger partial charge in [0.05, 0.1) is 12.0 Å². The first-order valence-corrected chi connectivity index (χ1v) is 11.1. The Balaban J connectivity index is 1.55. The number of para-hydroxylation sites is 1. The van der Waals surface area contributed by atoms with Crippen LogP contribution in [0.5, 0.6) is 0 Å². The molecule has 1 aliphatic rings. The Bertz CT molecular complexity index is 852. The van der Waals surface area contributed by atoms with Crippen molar-refractivity contribution in [3.8, 4) is 0 Å². The highest BCUT2D eigenvalue weighted by Gasteiger charge is 2.29. The molecule has 0 aliphatic carbocycles. The fraction of sp³-hybridized carbons (Fsp3) is 0.440. The number of piperidine rings is 1. The van der Waals surface area contributed by atoms with E-state index in [4.69, 9.17) is 0 Å². The molecule has 1 heterocycles. The number of hydrogen-bond donors (Lipinski definition) is 2. The van der Waals surface area contributed by atoms with Crippen molar-refractivity contribution >= 4 is 17.6 Å². The average molecular weight is 423 g/mol. The number of nitrogens with zero attached hydrogens (tertiary/aromatic N) is 2. The van der Waals surface area contributed by atoms with Gasteiger partial charge in [0, 0.05) is 25.3 Å². The Morgan fingerprint density at radius 3 is 2.45 bits per heavy atom. The van der Waals surface area contributed by atoms with Crippen LogP contribution in [0.15, 0.2) is 54.6 Å². The molecule has 1 aliphatic heterocycles. The van der Waals surface area contributed by atoms with Crippen LogP contribution >= 0.6 is 0 Å². The third-order valence-electron chi connectivity index (χ3n) is 5.97. The molecule has 3 amide bonds. The lowest BCUT2D eigenvalue weighted by Crippen LogP contribution is -2.47. The molecule has 6 heteroatoms. The Labute approximate surface area is 185 Å². The lowest BCUT2D eigenvalue weighted by molar-refractivity contribution is -0.126. The number of carbonyl (C=O) groups is 2. The molecular weight excluding hydrogens is 388 g/mol. The van der Waals surface area contributed by atoms with Crippen LogP contribution in [0, 0.1) is 5.92 Å². The predicted molar refractivity (Wildman–Crippen MR) is 125 cm³/mol. The van der Waals surface area contributed by atoms with Crippen LogP contribution in [0.3, 0.4) is 0 Å². The van der Waals surface area contributed by atoms with E-state index in [1.165, 1.54) is 11.1 Å². The van der Waals surface area contributed by atoms with Gasteiger partial charge in [0.25, 0.3) is 0 Å². The number of likely N-dealkylation sites (tertiary alicyclic amines) is 1. The zero-order valence-electron chi connectivity index (χ0n) is 18.8. The van der Waals surface area contributed by atoms with Gasteiger partial charge in [0.2, 0.25) is 5.91 Å². The van der Waals surface area contributed by atoms with E-state index < -0.39 is 0 Å². The Morgan fingerprint density at radius 2 is 1.81 bits per heavy atom. The molecule has 1 fully saturated rings. The van der Waals surface area contributed by atoms with Crippen LogP contribution in [-0.2, 0) is 11.2 Å². The summed E-state index contributed by atoms with van der Waals surface area (Å²) in [7, 11) is 4.06. The molecule has 2 N–H and O–H groups in total. The van der Waals surface area contributed by atoms with Gasteiger partial charge in [0.1, 0.15) is 0 Å². The SMILES string of the molecule is CCc1ccc(C(CNC(=O)C2CCCN(C(=O)Nc3ccccc3)C2)N(C)C)cc1. The van der Waals surface area contributed by atoms with Gasteiger partial charge in [-0.15, -0.1) is 0 Å². The highest BCUT2D eigenvalue weighted by molar-refractivity contribution is 5.90. The molecule has 0 aromatic heterocycles. The standard InChI is InChI=1S/C25H34N4O2/c1-4-19-12-14-20(15-13-19)23(28(2)3)17-26-24(30)21-9-8-16-29(18-21)25(31)27-22-10-6-5-7-11-22/h5-7,10-15,21,23H,4,8-9,16-18H2,1-3H3,(H,26,30)(H,27,31). The fourth-order valence-electron chi connectivity index (χ4n) is 4.02. The molecule has 31 heavy (non-hydrogen) atoms. The van der Waals surface area contributed by atoms with E-state index in [-0.39, 0.29) is 23.9 Å². The van der Waals surface area contributed by atoms with E-state index in [2.05, 4.69) is 46.7 Å². The summed E-state index contributed by atoms with van der Waals surface area (Å²) in [5.41, 5.74) is 3.26. The minimum absolute atomic E-state index is 0.0224. The second kappa shape index (κ2) is 11.0. The van der Waals surface area contributed by atoms with Crippen molar-refractivity contribution in [2.75, 3.05) is 39.0 Å². The summed E-state index contributed by atoms with van der Waals surface area (Å²) in [5, 5.41) is 6.05. The Morgan fingerprint density at radius 1 is 1.10 bits per heavy atom. The normalized spacial score (nSPS) is 17.3. The molecule has 6 nitrogen and oxygen atoms in total. The number of rotatable bonds is 7. The largest absolute Gasteiger partial charge is 0.354 e. The van der Waals surface area contributed by atoms with Crippen LogP contribution in [0.4, 0.5) is 10.5 Å². The van der Waals surface area contributed by atoms with Crippen molar-refractivity contribution in [1.82, 2.24) is 15.1 Å². The lowest BCUT2D eigenvalue weighted by atomic mass is 9.97. The number of nitrogens with one attached hydrogen (secondary N) is 2. The van der Waals surface area contributed by atoms with Crippen LogP contribution in [-0.4, -0.2) is 55.5 Å². The quantitative estimate of drug-likeness (QED) is 0.711. The zero-order chi connectivity index (χ0) is 22.2. The number of amides is 3. The van der Waals surface area contributed by atoms with E-state index in [9.17, 15) is 9.59 Å². The molecule has 0 radical (unpaired) electrons. The van der Waals surface area contributed by atoms with Gasteiger partial charge >= 0.3 is 6.03 Å². The van der Waals surface area contributed by atoms with Crippen molar-refractivity contribution in [3.05, 3.63) is 65.7 Å². The summed E-state index contributed by atoms with van der Waals surface area (Å²) in [5.74, 6) is -0.158. The van der Waals surface area contributed by atoms with Crippen LogP contribution < -0.4 is 10.6 Å². The van der Waals surface area contributed by atoms with Crippen molar-refractivity contribution in [2.45, 2.75) is 32.2 Å². The van der Waals surface area contributed by atoms with Crippen LogP contribution in [0.1, 0.15) is 36.9 Å². The second-order valence-corrected chi connectivity index (χ2v) is 8.40. The third kappa shape index (κ3) is 6.31. The molecule has 0 saturated carbocycles. The lowest BCUT2D eigenvalue weighted by Gasteiger charge is -2.33. The number of hydrogen-bond acceptors (Lipinski definition) is 3. The molecule has 2 atom stereocenters. The maximum absolute atomic E-state index is 12.9.